The average Bonchev–Trinajstić information content (AvgIpc) is 2.74. The fraction of sp³-hybridized carbons (Fsp3) is 0.385. The van der Waals surface area contributed by atoms with Gasteiger partial charge in [0.05, 0.1) is 7.11 Å². The molecular formula is C26H28F2O. The summed E-state index contributed by atoms with van der Waals surface area (Å²) in [4.78, 5) is 0. The third-order valence-corrected chi connectivity index (χ3v) is 6.48. The molecule has 1 saturated carbocycles. The van der Waals surface area contributed by atoms with E-state index in [1.807, 2.05) is 18.2 Å². The van der Waals surface area contributed by atoms with Crippen molar-refractivity contribution in [2.45, 2.75) is 51.4 Å². The SMILES string of the molecule is CCC[C@H]1CC[C@H](c2cccc3c(F)c(-c4ccc(OC)c(F)c4)ccc32)CC1. The lowest BCUT2D eigenvalue weighted by Gasteiger charge is -2.29. The van der Waals surface area contributed by atoms with Crippen molar-refractivity contribution in [2.75, 3.05) is 7.11 Å². The zero-order valence-electron chi connectivity index (χ0n) is 17.2. The van der Waals surface area contributed by atoms with E-state index in [0.29, 0.717) is 22.4 Å². The highest BCUT2D eigenvalue weighted by Gasteiger charge is 2.24. The van der Waals surface area contributed by atoms with Crippen LogP contribution in [0.3, 0.4) is 0 Å². The highest BCUT2D eigenvalue weighted by atomic mass is 19.1. The van der Waals surface area contributed by atoms with Crippen molar-refractivity contribution >= 4 is 10.8 Å². The van der Waals surface area contributed by atoms with Crippen LogP contribution in [0.1, 0.15) is 56.9 Å². The molecule has 0 heterocycles. The van der Waals surface area contributed by atoms with Crippen LogP contribution in [0.4, 0.5) is 8.78 Å². The van der Waals surface area contributed by atoms with Gasteiger partial charge in [-0.15, -0.1) is 0 Å². The summed E-state index contributed by atoms with van der Waals surface area (Å²) in [5.41, 5.74) is 2.19. The molecule has 3 aromatic rings. The summed E-state index contributed by atoms with van der Waals surface area (Å²) in [5.74, 6) is 0.738. The van der Waals surface area contributed by atoms with Gasteiger partial charge in [0.15, 0.2) is 11.6 Å². The van der Waals surface area contributed by atoms with Gasteiger partial charge in [0, 0.05) is 10.9 Å². The van der Waals surface area contributed by atoms with Gasteiger partial charge in [-0.25, -0.2) is 8.78 Å². The third-order valence-electron chi connectivity index (χ3n) is 6.48. The molecule has 3 heteroatoms. The largest absolute Gasteiger partial charge is 0.494 e. The predicted molar refractivity (Wildman–Crippen MR) is 115 cm³/mol. The summed E-state index contributed by atoms with van der Waals surface area (Å²) in [5, 5.41) is 1.61. The molecule has 152 valence electrons. The molecule has 1 aliphatic carbocycles. The maximum absolute atomic E-state index is 15.4. The van der Waals surface area contributed by atoms with E-state index in [2.05, 4.69) is 13.0 Å². The van der Waals surface area contributed by atoms with E-state index in [1.165, 1.54) is 57.3 Å². The number of hydrogen-bond acceptors (Lipinski definition) is 1. The summed E-state index contributed by atoms with van der Waals surface area (Å²) in [7, 11) is 1.42. The van der Waals surface area contributed by atoms with E-state index in [4.69, 9.17) is 4.74 Å². The highest BCUT2D eigenvalue weighted by molar-refractivity contribution is 5.91. The van der Waals surface area contributed by atoms with E-state index in [-0.39, 0.29) is 11.6 Å². The molecule has 0 aliphatic heterocycles. The van der Waals surface area contributed by atoms with Crippen molar-refractivity contribution in [1.82, 2.24) is 0 Å². The van der Waals surface area contributed by atoms with Gasteiger partial charge in [-0.05, 0) is 66.2 Å². The molecule has 1 nitrogen and oxygen atoms in total. The minimum Gasteiger partial charge on any atom is -0.494 e. The molecule has 3 aromatic carbocycles. The lowest BCUT2D eigenvalue weighted by molar-refractivity contribution is 0.309. The van der Waals surface area contributed by atoms with Crippen LogP contribution < -0.4 is 4.74 Å². The zero-order valence-corrected chi connectivity index (χ0v) is 17.2. The second kappa shape index (κ2) is 8.52. The number of ether oxygens (including phenoxy) is 1. The van der Waals surface area contributed by atoms with E-state index in [0.717, 1.165) is 11.3 Å². The van der Waals surface area contributed by atoms with Crippen LogP contribution in [0.5, 0.6) is 5.75 Å². The topological polar surface area (TPSA) is 9.23 Å². The van der Waals surface area contributed by atoms with Crippen molar-refractivity contribution in [2.24, 2.45) is 5.92 Å². The minimum atomic E-state index is -0.484. The Balaban J connectivity index is 1.69. The Bertz CT molecular complexity index is 1000. The van der Waals surface area contributed by atoms with Crippen LogP contribution in [0.25, 0.3) is 21.9 Å². The monoisotopic (exact) mass is 394 g/mol. The van der Waals surface area contributed by atoms with E-state index in [9.17, 15) is 4.39 Å². The van der Waals surface area contributed by atoms with Gasteiger partial charge in [-0.2, -0.15) is 0 Å². The highest BCUT2D eigenvalue weighted by Crippen LogP contribution is 2.41. The first-order valence-corrected chi connectivity index (χ1v) is 10.7. The van der Waals surface area contributed by atoms with Crippen molar-refractivity contribution in [1.29, 1.82) is 0 Å². The fourth-order valence-corrected chi connectivity index (χ4v) is 4.93. The Morgan fingerprint density at radius 3 is 2.41 bits per heavy atom. The molecule has 1 aliphatic rings. The van der Waals surface area contributed by atoms with Crippen molar-refractivity contribution in [3.05, 3.63) is 65.7 Å². The van der Waals surface area contributed by atoms with Gasteiger partial charge < -0.3 is 4.74 Å². The van der Waals surface area contributed by atoms with Crippen LogP contribution in [0.15, 0.2) is 48.5 Å². The quantitative estimate of drug-likeness (QED) is 0.428. The van der Waals surface area contributed by atoms with Crippen LogP contribution in [-0.2, 0) is 0 Å². The van der Waals surface area contributed by atoms with E-state index in [1.54, 1.807) is 18.2 Å². The molecule has 0 bridgehead atoms. The molecule has 0 radical (unpaired) electrons. The Morgan fingerprint density at radius 2 is 1.72 bits per heavy atom. The first-order chi connectivity index (χ1) is 14.1. The number of methoxy groups -OCH3 is 1. The molecule has 0 spiro atoms. The maximum Gasteiger partial charge on any atom is 0.165 e. The van der Waals surface area contributed by atoms with Gasteiger partial charge in [0.2, 0.25) is 0 Å². The molecule has 0 atom stereocenters. The summed E-state index contributed by atoms with van der Waals surface area (Å²) in [6.07, 6.45) is 7.46. The molecule has 4 rings (SSSR count). The zero-order chi connectivity index (χ0) is 20.4. The second-order valence-corrected chi connectivity index (χ2v) is 8.23. The van der Waals surface area contributed by atoms with Crippen LogP contribution >= 0.6 is 0 Å². The lowest BCUT2D eigenvalue weighted by atomic mass is 9.76. The normalized spacial score (nSPS) is 19.4. The lowest BCUT2D eigenvalue weighted by Crippen LogP contribution is -2.13. The van der Waals surface area contributed by atoms with Gasteiger partial charge in [-0.3, -0.25) is 0 Å². The molecule has 0 amide bonds. The smallest absolute Gasteiger partial charge is 0.165 e. The van der Waals surface area contributed by atoms with Gasteiger partial charge in [-0.1, -0.05) is 56.2 Å². The fourth-order valence-electron chi connectivity index (χ4n) is 4.93. The number of fused-ring (bicyclic) bond motifs is 1. The average molecular weight is 395 g/mol. The van der Waals surface area contributed by atoms with Crippen molar-refractivity contribution < 1.29 is 13.5 Å². The van der Waals surface area contributed by atoms with Crippen LogP contribution in [0, 0.1) is 17.6 Å². The molecular weight excluding hydrogens is 366 g/mol. The Labute approximate surface area is 171 Å². The number of hydrogen-bond donors (Lipinski definition) is 0. The van der Waals surface area contributed by atoms with Gasteiger partial charge in [0.1, 0.15) is 5.82 Å². The van der Waals surface area contributed by atoms with Gasteiger partial charge in [0.25, 0.3) is 0 Å². The Morgan fingerprint density at radius 1 is 0.931 bits per heavy atom. The molecule has 29 heavy (non-hydrogen) atoms. The maximum atomic E-state index is 15.4. The number of benzene rings is 3. The summed E-state index contributed by atoms with van der Waals surface area (Å²) in [6, 6.07) is 14.3. The number of rotatable bonds is 5. The number of halogens is 2. The summed E-state index contributed by atoms with van der Waals surface area (Å²) in [6.45, 7) is 2.26. The molecule has 0 N–H and O–H groups in total. The standard InChI is InChI=1S/C26H28F2O/c1-3-5-17-8-10-18(11-9-17)20-6-4-7-23-22(20)14-13-21(26(23)28)19-12-15-25(29-2)24(27)16-19/h4,6-7,12-18H,3,5,8-11H2,1-2H3/t17-,18-. The first kappa shape index (κ1) is 19.9. The molecule has 0 unspecified atom stereocenters. The minimum absolute atomic E-state index is 0.163. The Kier molecular flexibility index (Phi) is 5.84. The van der Waals surface area contributed by atoms with Crippen molar-refractivity contribution in [3.8, 4) is 16.9 Å². The Hall–Kier alpha value is -2.42. The summed E-state index contributed by atoms with van der Waals surface area (Å²) < 4.78 is 34.5. The predicted octanol–water partition coefficient (Wildman–Crippen LogP) is 7.87. The molecule has 0 saturated heterocycles. The van der Waals surface area contributed by atoms with Crippen molar-refractivity contribution in [3.63, 3.8) is 0 Å². The van der Waals surface area contributed by atoms with Crippen LogP contribution in [-0.4, -0.2) is 7.11 Å². The van der Waals surface area contributed by atoms with E-state index >= 15 is 4.39 Å². The summed E-state index contributed by atoms with van der Waals surface area (Å²) >= 11 is 0. The third kappa shape index (κ3) is 3.88. The molecule has 1 fully saturated rings. The van der Waals surface area contributed by atoms with Gasteiger partial charge >= 0.3 is 0 Å². The molecule has 0 aromatic heterocycles. The first-order valence-electron chi connectivity index (χ1n) is 10.7. The van der Waals surface area contributed by atoms with E-state index < -0.39 is 5.82 Å². The van der Waals surface area contributed by atoms with Crippen LogP contribution in [0.2, 0.25) is 0 Å². The second-order valence-electron chi connectivity index (χ2n) is 8.23.